The van der Waals surface area contributed by atoms with Gasteiger partial charge < -0.3 is 9.57 Å². The molecule has 0 heterocycles. The van der Waals surface area contributed by atoms with E-state index in [0.29, 0.717) is 6.61 Å². The van der Waals surface area contributed by atoms with Crippen LogP contribution in [0.2, 0.25) is 0 Å². The molecule has 0 amide bonds. The molecule has 1 atom stereocenters. The van der Waals surface area contributed by atoms with Gasteiger partial charge in [-0.3, -0.25) is 0 Å². The summed E-state index contributed by atoms with van der Waals surface area (Å²) in [5.41, 5.74) is 2.59. The second-order valence-corrected chi connectivity index (χ2v) is 3.64. The number of methoxy groups -OCH3 is 1. The van der Waals surface area contributed by atoms with Crippen LogP contribution >= 0.6 is 0 Å². The summed E-state index contributed by atoms with van der Waals surface area (Å²) in [5.74, 6) is 5.03. The van der Waals surface area contributed by atoms with Crippen molar-refractivity contribution in [2.24, 2.45) is 5.90 Å². The minimum atomic E-state index is 0.241. The Labute approximate surface area is 91.1 Å². The molecule has 0 aliphatic heterocycles. The van der Waals surface area contributed by atoms with Gasteiger partial charge in [-0.15, -0.1) is 0 Å². The minimum absolute atomic E-state index is 0.241. The van der Waals surface area contributed by atoms with Crippen molar-refractivity contribution in [1.29, 1.82) is 0 Å². The minimum Gasteiger partial charge on any atom is -0.381 e. The predicted molar refractivity (Wildman–Crippen MR) is 60.5 cm³/mol. The van der Waals surface area contributed by atoms with E-state index in [2.05, 4.69) is 23.9 Å². The van der Waals surface area contributed by atoms with Crippen LogP contribution < -0.4 is 5.90 Å². The zero-order valence-corrected chi connectivity index (χ0v) is 9.40. The number of benzene rings is 1. The molecule has 0 aliphatic rings. The van der Waals surface area contributed by atoms with Crippen molar-refractivity contribution in [3.05, 3.63) is 35.4 Å². The molecule has 0 radical (unpaired) electrons. The van der Waals surface area contributed by atoms with Crippen molar-refractivity contribution in [3.8, 4) is 0 Å². The van der Waals surface area contributed by atoms with Gasteiger partial charge in [-0.2, -0.15) is 0 Å². The van der Waals surface area contributed by atoms with Crippen LogP contribution in [0.1, 0.15) is 18.1 Å². The van der Waals surface area contributed by atoms with E-state index >= 15 is 0 Å². The average Bonchev–Trinajstić information content (AvgIpc) is 2.28. The summed E-state index contributed by atoms with van der Waals surface area (Å²) in [4.78, 5) is 4.60. The van der Waals surface area contributed by atoms with Gasteiger partial charge in [0.05, 0.1) is 12.7 Å². The smallest absolute Gasteiger partial charge is 0.0719 e. The third kappa shape index (κ3) is 4.00. The zero-order chi connectivity index (χ0) is 11.1. The second kappa shape index (κ2) is 6.56. The quantitative estimate of drug-likeness (QED) is 0.725. The van der Waals surface area contributed by atoms with Crippen molar-refractivity contribution in [3.63, 3.8) is 0 Å². The Bertz CT molecular complexity index is 289. The molecule has 0 saturated carbocycles. The molecule has 0 fully saturated rings. The number of rotatable bonds is 6. The topological polar surface area (TPSA) is 44.5 Å². The van der Waals surface area contributed by atoms with Gasteiger partial charge in [0.25, 0.3) is 0 Å². The lowest BCUT2D eigenvalue weighted by atomic mass is 10.00. The summed E-state index contributed by atoms with van der Waals surface area (Å²) >= 11 is 0. The van der Waals surface area contributed by atoms with Crippen LogP contribution in [0.3, 0.4) is 0 Å². The Balaban J connectivity index is 2.67. The normalized spacial score (nSPS) is 12.7. The number of nitrogens with two attached hydrogens (primary N) is 1. The van der Waals surface area contributed by atoms with E-state index in [-0.39, 0.29) is 6.10 Å². The van der Waals surface area contributed by atoms with Crippen LogP contribution in [0.5, 0.6) is 0 Å². The van der Waals surface area contributed by atoms with E-state index in [9.17, 15) is 0 Å². The van der Waals surface area contributed by atoms with Crippen molar-refractivity contribution in [1.82, 2.24) is 0 Å². The van der Waals surface area contributed by atoms with Gasteiger partial charge in [-0.05, 0) is 30.9 Å². The van der Waals surface area contributed by atoms with Crippen LogP contribution in [0.25, 0.3) is 0 Å². The van der Waals surface area contributed by atoms with Crippen LogP contribution in [0.15, 0.2) is 24.3 Å². The summed E-state index contributed by atoms with van der Waals surface area (Å²) in [6, 6.07) is 8.31. The first-order valence-corrected chi connectivity index (χ1v) is 5.19. The second-order valence-electron chi connectivity index (χ2n) is 3.64. The van der Waals surface area contributed by atoms with Crippen LogP contribution in [0.4, 0.5) is 0 Å². The van der Waals surface area contributed by atoms with E-state index in [1.807, 2.05) is 12.1 Å². The van der Waals surface area contributed by atoms with Gasteiger partial charge in [-0.1, -0.05) is 24.3 Å². The zero-order valence-electron chi connectivity index (χ0n) is 9.40. The maximum absolute atomic E-state index is 5.26. The largest absolute Gasteiger partial charge is 0.381 e. The number of hydrogen-bond acceptors (Lipinski definition) is 3. The molecule has 0 saturated heterocycles. The van der Waals surface area contributed by atoms with Crippen molar-refractivity contribution in [2.75, 3.05) is 13.7 Å². The monoisotopic (exact) mass is 209 g/mol. The van der Waals surface area contributed by atoms with E-state index in [4.69, 9.17) is 10.6 Å². The molecular weight excluding hydrogens is 190 g/mol. The summed E-state index contributed by atoms with van der Waals surface area (Å²) in [5, 5.41) is 0. The van der Waals surface area contributed by atoms with Gasteiger partial charge in [0.2, 0.25) is 0 Å². The maximum atomic E-state index is 5.26. The molecule has 1 unspecified atom stereocenters. The van der Waals surface area contributed by atoms with E-state index in [1.165, 1.54) is 11.1 Å². The first-order valence-electron chi connectivity index (χ1n) is 5.19. The summed E-state index contributed by atoms with van der Waals surface area (Å²) in [6.45, 7) is 2.62. The van der Waals surface area contributed by atoms with Gasteiger partial charge >= 0.3 is 0 Å². The van der Waals surface area contributed by atoms with Crippen molar-refractivity contribution >= 4 is 0 Å². The van der Waals surface area contributed by atoms with Crippen molar-refractivity contribution < 1.29 is 9.57 Å². The highest BCUT2D eigenvalue weighted by molar-refractivity contribution is 5.27. The Morgan fingerprint density at radius 1 is 1.27 bits per heavy atom. The standard InChI is InChI=1S/C12H19NO2/c1-10(14-2)9-12-6-4-3-5-11(12)7-8-15-13/h3-6,10H,7-9,13H2,1-2H3. The van der Waals surface area contributed by atoms with E-state index in [1.54, 1.807) is 7.11 Å². The molecule has 2 N–H and O–H groups in total. The average molecular weight is 209 g/mol. The fraction of sp³-hybridized carbons (Fsp3) is 0.500. The predicted octanol–water partition coefficient (Wildman–Crippen LogP) is 1.70. The fourth-order valence-electron chi connectivity index (χ4n) is 1.56. The lowest BCUT2D eigenvalue weighted by Gasteiger charge is -2.13. The molecule has 84 valence electrons. The highest BCUT2D eigenvalue weighted by atomic mass is 16.6. The lowest BCUT2D eigenvalue weighted by Crippen LogP contribution is -2.11. The van der Waals surface area contributed by atoms with Crippen LogP contribution in [-0.4, -0.2) is 19.8 Å². The molecule has 1 aromatic carbocycles. The van der Waals surface area contributed by atoms with E-state index in [0.717, 1.165) is 12.8 Å². The third-order valence-corrected chi connectivity index (χ3v) is 2.52. The van der Waals surface area contributed by atoms with Crippen LogP contribution in [0, 0.1) is 0 Å². The molecule has 0 aliphatic carbocycles. The molecular formula is C12H19NO2. The fourth-order valence-corrected chi connectivity index (χ4v) is 1.56. The highest BCUT2D eigenvalue weighted by Gasteiger charge is 2.06. The molecule has 1 aromatic rings. The molecule has 3 nitrogen and oxygen atoms in total. The van der Waals surface area contributed by atoms with Gasteiger partial charge in [0.1, 0.15) is 0 Å². The summed E-state index contributed by atoms with van der Waals surface area (Å²) in [7, 11) is 1.73. The maximum Gasteiger partial charge on any atom is 0.0719 e. The first-order chi connectivity index (χ1) is 7.27. The molecule has 0 bridgehead atoms. The van der Waals surface area contributed by atoms with Gasteiger partial charge in [-0.25, -0.2) is 5.90 Å². The lowest BCUT2D eigenvalue weighted by molar-refractivity contribution is 0.118. The number of hydrogen-bond donors (Lipinski definition) is 1. The van der Waals surface area contributed by atoms with Gasteiger partial charge in [0.15, 0.2) is 0 Å². The Morgan fingerprint density at radius 2 is 1.93 bits per heavy atom. The summed E-state index contributed by atoms with van der Waals surface area (Å²) in [6.07, 6.45) is 2.02. The Kier molecular flexibility index (Phi) is 5.32. The van der Waals surface area contributed by atoms with Gasteiger partial charge in [0, 0.05) is 7.11 Å². The first kappa shape index (κ1) is 12.2. The SMILES string of the molecule is COC(C)Cc1ccccc1CCON. The molecule has 15 heavy (non-hydrogen) atoms. The number of ether oxygens (including phenoxy) is 1. The van der Waals surface area contributed by atoms with Crippen molar-refractivity contribution in [2.45, 2.75) is 25.9 Å². The molecule has 0 spiro atoms. The molecule has 0 aromatic heterocycles. The molecule has 1 rings (SSSR count). The summed E-state index contributed by atoms with van der Waals surface area (Å²) < 4.78 is 5.26. The van der Waals surface area contributed by atoms with E-state index < -0.39 is 0 Å². The Hall–Kier alpha value is -0.900. The molecule has 3 heteroatoms. The highest BCUT2D eigenvalue weighted by Crippen LogP contribution is 2.12. The van der Waals surface area contributed by atoms with Crippen LogP contribution in [-0.2, 0) is 22.4 Å². The Morgan fingerprint density at radius 3 is 2.53 bits per heavy atom. The third-order valence-electron chi connectivity index (χ3n) is 2.52.